The van der Waals surface area contributed by atoms with E-state index >= 15 is 0 Å². The lowest BCUT2D eigenvalue weighted by Gasteiger charge is -2.03. The summed E-state index contributed by atoms with van der Waals surface area (Å²) < 4.78 is 0. The van der Waals surface area contributed by atoms with Gasteiger partial charge in [-0.2, -0.15) is 0 Å². The summed E-state index contributed by atoms with van der Waals surface area (Å²) in [7, 11) is 0. The lowest BCUT2D eigenvalue weighted by molar-refractivity contribution is 1.22. The Labute approximate surface area is 89.1 Å². The van der Waals surface area contributed by atoms with Crippen LogP contribution in [0.4, 0.5) is 5.69 Å². The second kappa shape index (κ2) is 3.28. The highest BCUT2D eigenvalue weighted by Crippen LogP contribution is 2.29. The predicted octanol–water partition coefficient (Wildman–Crippen LogP) is 3.57. The fraction of sp³-hybridized carbons (Fsp3) is 0. The van der Waals surface area contributed by atoms with Crippen molar-refractivity contribution in [1.29, 1.82) is 0 Å². The number of fused-ring (bicyclic) bond motifs is 1. The summed E-state index contributed by atoms with van der Waals surface area (Å²) in [5.41, 5.74) is 4.73. The molecule has 0 aliphatic carbocycles. The van der Waals surface area contributed by atoms with Crippen LogP contribution >= 0.6 is 0 Å². The molecule has 1 radical (unpaired) electrons. The first-order valence-electron chi connectivity index (χ1n) is 5.00. The highest BCUT2D eigenvalue weighted by atomic mass is 14.9. The minimum Gasteiger partial charge on any atom is -0.256 e. The molecule has 0 spiro atoms. The van der Waals surface area contributed by atoms with Crippen LogP contribution in [0.3, 0.4) is 0 Å². The van der Waals surface area contributed by atoms with Crippen molar-refractivity contribution in [3.05, 3.63) is 60.3 Å². The lowest BCUT2D eigenvalue weighted by atomic mass is 10.0. The number of hydrogen-bond donors (Lipinski definition) is 0. The Hall–Kier alpha value is -2.02. The normalized spacial score (nSPS) is 12.3. The van der Waals surface area contributed by atoms with Gasteiger partial charge in [-0.1, -0.05) is 42.5 Å². The molecule has 1 heteroatoms. The smallest absolute Gasteiger partial charge is 0.0708 e. The molecule has 0 amide bonds. The van der Waals surface area contributed by atoms with Gasteiger partial charge in [0.25, 0.3) is 0 Å². The van der Waals surface area contributed by atoms with Crippen molar-refractivity contribution < 1.29 is 0 Å². The van der Waals surface area contributed by atoms with E-state index in [1.165, 1.54) is 16.7 Å². The largest absolute Gasteiger partial charge is 0.256 e. The summed E-state index contributed by atoms with van der Waals surface area (Å²) >= 11 is 0. The van der Waals surface area contributed by atoms with Crippen molar-refractivity contribution in [2.75, 3.05) is 0 Å². The second-order valence-corrected chi connectivity index (χ2v) is 3.58. The predicted molar refractivity (Wildman–Crippen MR) is 62.7 cm³/mol. The fourth-order valence-corrected chi connectivity index (χ4v) is 1.80. The third kappa shape index (κ3) is 1.42. The quantitative estimate of drug-likeness (QED) is 0.655. The number of hydrogen-bond acceptors (Lipinski definition) is 0. The average molecular weight is 192 g/mol. The van der Waals surface area contributed by atoms with Gasteiger partial charge in [-0.25, -0.2) is 0 Å². The van der Waals surface area contributed by atoms with Crippen LogP contribution in [-0.4, -0.2) is 0 Å². The molecule has 2 aromatic carbocycles. The van der Waals surface area contributed by atoms with Crippen LogP contribution in [0.1, 0.15) is 5.56 Å². The summed E-state index contributed by atoms with van der Waals surface area (Å²) in [6.07, 6.45) is 3.88. The SMILES string of the molecule is C1=Cc2ccc(-c3ccccc3)cc2[N]1. The van der Waals surface area contributed by atoms with Crippen molar-refractivity contribution in [3.63, 3.8) is 0 Å². The van der Waals surface area contributed by atoms with E-state index in [1.54, 1.807) is 0 Å². The molecule has 0 atom stereocenters. The molecule has 0 saturated heterocycles. The van der Waals surface area contributed by atoms with E-state index in [4.69, 9.17) is 0 Å². The molecule has 1 heterocycles. The fourth-order valence-electron chi connectivity index (χ4n) is 1.80. The van der Waals surface area contributed by atoms with Crippen molar-refractivity contribution in [2.45, 2.75) is 0 Å². The summed E-state index contributed by atoms with van der Waals surface area (Å²) in [5.74, 6) is 0. The summed E-state index contributed by atoms with van der Waals surface area (Å²) in [4.78, 5) is 0. The van der Waals surface area contributed by atoms with Crippen LogP contribution in [-0.2, 0) is 0 Å². The molecule has 71 valence electrons. The Kier molecular flexibility index (Phi) is 1.82. The summed E-state index contributed by atoms with van der Waals surface area (Å²) in [6, 6.07) is 16.8. The van der Waals surface area contributed by atoms with Crippen LogP contribution in [0.25, 0.3) is 17.2 Å². The van der Waals surface area contributed by atoms with Crippen LogP contribution in [0.5, 0.6) is 0 Å². The van der Waals surface area contributed by atoms with E-state index in [9.17, 15) is 0 Å². The number of benzene rings is 2. The van der Waals surface area contributed by atoms with Gasteiger partial charge in [0.1, 0.15) is 0 Å². The van der Waals surface area contributed by atoms with Gasteiger partial charge in [0.2, 0.25) is 0 Å². The molecule has 2 aromatic rings. The van der Waals surface area contributed by atoms with Gasteiger partial charge in [-0.15, -0.1) is 0 Å². The molecular formula is C14H10N. The van der Waals surface area contributed by atoms with Gasteiger partial charge >= 0.3 is 0 Å². The number of nitrogens with zero attached hydrogens (tertiary/aromatic N) is 1. The zero-order chi connectivity index (χ0) is 10.1. The topological polar surface area (TPSA) is 14.1 Å². The Bertz CT molecular complexity index is 512. The van der Waals surface area contributed by atoms with Crippen molar-refractivity contribution in [3.8, 4) is 11.1 Å². The van der Waals surface area contributed by atoms with Gasteiger partial charge < -0.3 is 0 Å². The van der Waals surface area contributed by atoms with E-state index in [1.807, 2.05) is 18.3 Å². The first-order valence-corrected chi connectivity index (χ1v) is 5.00. The second-order valence-electron chi connectivity index (χ2n) is 3.58. The standard InChI is InChI=1S/C14H10N/c1-2-4-11(5-3-1)13-7-6-12-8-9-15-14(12)10-13/h1-10H. The monoisotopic (exact) mass is 192 g/mol. The Balaban J connectivity index is 2.09. The molecule has 0 bridgehead atoms. The lowest BCUT2D eigenvalue weighted by Crippen LogP contribution is -1.83. The first kappa shape index (κ1) is 8.30. The molecule has 1 aliphatic heterocycles. The number of rotatable bonds is 1. The highest BCUT2D eigenvalue weighted by molar-refractivity contribution is 5.76. The Morgan fingerprint density at radius 2 is 1.67 bits per heavy atom. The molecule has 3 rings (SSSR count). The van der Waals surface area contributed by atoms with Crippen LogP contribution in [0, 0.1) is 0 Å². The van der Waals surface area contributed by atoms with E-state index in [0.29, 0.717) is 0 Å². The van der Waals surface area contributed by atoms with Gasteiger partial charge in [0.05, 0.1) is 5.69 Å². The molecule has 0 aromatic heterocycles. The van der Waals surface area contributed by atoms with Crippen LogP contribution in [0.2, 0.25) is 0 Å². The molecule has 15 heavy (non-hydrogen) atoms. The zero-order valence-electron chi connectivity index (χ0n) is 8.22. The maximum absolute atomic E-state index is 4.30. The van der Waals surface area contributed by atoms with Gasteiger partial charge in [0, 0.05) is 11.8 Å². The highest BCUT2D eigenvalue weighted by Gasteiger charge is 2.07. The maximum Gasteiger partial charge on any atom is 0.0708 e. The minimum atomic E-state index is 1.07. The van der Waals surface area contributed by atoms with Crippen LogP contribution < -0.4 is 5.32 Å². The van der Waals surface area contributed by atoms with E-state index in [2.05, 4.69) is 47.8 Å². The molecule has 0 saturated carbocycles. The molecule has 0 unspecified atom stereocenters. The summed E-state index contributed by atoms with van der Waals surface area (Å²) in [5, 5.41) is 4.30. The van der Waals surface area contributed by atoms with E-state index in [-0.39, 0.29) is 0 Å². The molecular weight excluding hydrogens is 182 g/mol. The van der Waals surface area contributed by atoms with Crippen molar-refractivity contribution in [1.82, 2.24) is 5.32 Å². The van der Waals surface area contributed by atoms with Gasteiger partial charge in [-0.05, 0) is 23.3 Å². The van der Waals surface area contributed by atoms with E-state index < -0.39 is 0 Å². The third-order valence-electron chi connectivity index (χ3n) is 2.61. The van der Waals surface area contributed by atoms with Gasteiger partial charge in [0.15, 0.2) is 0 Å². The van der Waals surface area contributed by atoms with Crippen molar-refractivity contribution >= 4 is 11.8 Å². The molecule has 1 aliphatic rings. The molecule has 1 nitrogen and oxygen atoms in total. The average Bonchev–Trinajstić information content (AvgIpc) is 2.77. The molecule has 0 fully saturated rings. The van der Waals surface area contributed by atoms with Crippen LogP contribution in [0.15, 0.2) is 54.7 Å². The third-order valence-corrected chi connectivity index (χ3v) is 2.61. The van der Waals surface area contributed by atoms with E-state index in [0.717, 1.165) is 5.69 Å². The zero-order valence-corrected chi connectivity index (χ0v) is 8.22. The summed E-state index contributed by atoms with van der Waals surface area (Å²) in [6.45, 7) is 0. The van der Waals surface area contributed by atoms with Crippen molar-refractivity contribution in [2.24, 2.45) is 0 Å². The first-order chi connectivity index (χ1) is 7.43. The minimum absolute atomic E-state index is 1.07. The Morgan fingerprint density at radius 3 is 2.53 bits per heavy atom. The molecule has 0 N–H and O–H groups in total. The maximum atomic E-state index is 4.30. The Morgan fingerprint density at radius 1 is 0.800 bits per heavy atom. The van der Waals surface area contributed by atoms with Gasteiger partial charge in [-0.3, -0.25) is 5.32 Å².